The first-order valence-corrected chi connectivity index (χ1v) is 8.01. The molecule has 0 bridgehead atoms. The smallest absolute Gasteiger partial charge is 0.338 e. The highest BCUT2D eigenvalue weighted by Gasteiger charge is 2.33. The van der Waals surface area contributed by atoms with Gasteiger partial charge in [-0.3, -0.25) is 4.79 Å². The van der Waals surface area contributed by atoms with E-state index in [0.29, 0.717) is 30.8 Å². The number of rotatable bonds is 5. The molecule has 5 nitrogen and oxygen atoms in total. The molecule has 1 aromatic carbocycles. The summed E-state index contributed by atoms with van der Waals surface area (Å²) in [4.78, 5) is 24.6. The third kappa shape index (κ3) is 4.77. The Kier molecular flexibility index (Phi) is 5.79. The molecule has 8 heteroatoms. The van der Waals surface area contributed by atoms with Crippen LogP contribution >= 0.6 is 34.8 Å². The van der Waals surface area contributed by atoms with Crippen LogP contribution in [-0.2, 0) is 4.79 Å². The third-order valence-electron chi connectivity index (χ3n) is 3.22. The minimum Gasteiger partial charge on any atom is -0.423 e. The molecule has 2 rings (SSSR count). The molecule has 124 valence electrons. The summed E-state index contributed by atoms with van der Waals surface area (Å²) < 4.78 is 3.18. The lowest BCUT2D eigenvalue weighted by Gasteiger charge is -2.21. The molecular weight excluding hydrogens is 363 g/mol. The zero-order chi connectivity index (χ0) is 17.0. The summed E-state index contributed by atoms with van der Waals surface area (Å²) in [5.41, 5.74) is 0.785. The second-order valence-electron chi connectivity index (χ2n) is 4.98. The number of hydrogen-bond acceptors (Lipinski definition) is 4. The number of nitrogens with zero attached hydrogens (tertiary/aromatic N) is 1. The van der Waals surface area contributed by atoms with Crippen molar-refractivity contribution in [3.05, 3.63) is 40.8 Å². The van der Waals surface area contributed by atoms with Crippen molar-refractivity contribution in [3.63, 3.8) is 0 Å². The molecule has 1 N–H and O–H groups in total. The number of nitrogens with one attached hydrogen (secondary N) is 1. The summed E-state index contributed by atoms with van der Waals surface area (Å²) in [6, 6.07) is 8.65. The first-order chi connectivity index (χ1) is 10.8. The van der Waals surface area contributed by atoms with Crippen molar-refractivity contribution in [3.8, 4) is 0 Å². The van der Waals surface area contributed by atoms with E-state index in [1.54, 1.807) is 19.2 Å². The normalized spacial score (nSPS) is 11.5. The lowest BCUT2D eigenvalue weighted by Crippen LogP contribution is -2.37. The summed E-state index contributed by atoms with van der Waals surface area (Å²) in [6.45, 7) is 0.962. The fourth-order valence-electron chi connectivity index (χ4n) is 2.12. The van der Waals surface area contributed by atoms with Gasteiger partial charge in [-0.2, -0.15) is 0 Å². The Balaban J connectivity index is 1.95. The van der Waals surface area contributed by atoms with Gasteiger partial charge in [-0.05, 0) is 18.6 Å². The van der Waals surface area contributed by atoms with Crippen LogP contribution in [0.15, 0.2) is 39.5 Å². The van der Waals surface area contributed by atoms with Crippen molar-refractivity contribution < 1.29 is 9.21 Å². The average molecular weight is 378 g/mol. The highest BCUT2D eigenvalue weighted by atomic mass is 35.6. The van der Waals surface area contributed by atoms with Crippen LogP contribution in [0.3, 0.4) is 0 Å². The molecular formula is C15H15Cl3N2O3. The van der Waals surface area contributed by atoms with Gasteiger partial charge in [-0.15, -0.1) is 0 Å². The van der Waals surface area contributed by atoms with Gasteiger partial charge in [0.05, 0.1) is 5.69 Å². The van der Waals surface area contributed by atoms with Crippen LogP contribution in [0, 0.1) is 0 Å². The Hall–Kier alpha value is -1.43. The number of amides is 1. The zero-order valence-electron chi connectivity index (χ0n) is 12.3. The lowest BCUT2D eigenvalue weighted by molar-refractivity contribution is -0.128. The molecule has 0 atom stereocenters. The number of para-hydroxylation sites is 1. The predicted molar refractivity (Wildman–Crippen MR) is 93.5 cm³/mol. The van der Waals surface area contributed by atoms with Gasteiger partial charge < -0.3 is 14.6 Å². The first-order valence-electron chi connectivity index (χ1n) is 6.88. The highest BCUT2D eigenvalue weighted by Crippen LogP contribution is 2.28. The van der Waals surface area contributed by atoms with Crippen LogP contribution in [0.1, 0.15) is 6.42 Å². The Morgan fingerprint density at radius 1 is 1.30 bits per heavy atom. The second-order valence-corrected chi connectivity index (χ2v) is 7.26. The number of carbonyl (C=O) groups excluding carboxylic acids is 1. The minimum atomic E-state index is -1.95. The van der Waals surface area contributed by atoms with E-state index >= 15 is 0 Å². The number of fused-ring (bicyclic) bond motifs is 1. The summed E-state index contributed by atoms with van der Waals surface area (Å²) in [6.07, 6.45) is 0.623. The van der Waals surface area contributed by atoms with Crippen molar-refractivity contribution in [1.82, 2.24) is 4.90 Å². The SMILES string of the molecule is CN(CCCNc1cc(=O)oc2ccccc12)C(=O)C(Cl)(Cl)Cl. The van der Waals surface area contributed by atoms with Crippen molar-refractivity contribution in [2.45, 2.75) is 10.2 Å². The van der Waals surface area contributed by atoms with E-state index in [1.807, 2.05) is 12.1 Å². The highest BCUT2D eigenvalue weighted by molar-refractivity contribution is 6.76. The average Bonchev–Trinajstić information content (AvgIpc) is 2.49. The topological polar surface area (TPSA) is 62.6 Å². The number of hydrogen-bond donors (Lipinski definition) is 1. The molecule has 1 amide bonds. The van der Waals surface area contributed by atoms with Gasteiger partial charge in [-0.25, -0.2) is 4.79 Å². The van der Waals surface area contributed by atoms with E-state index < -0.39 is 15.3 Å². The van der Waals surface area contributed by atoms with Gasteiger partial charge in [0.25, 0.3) is 9.70 Å². The van der Waals surface area contributed by atoms with E-state index in [-0.39, 0.29) is 0 Å². The maximum absolute atomic E-state index is 11.7. The zero-order valence-corrected chi connectivity index (χ0v) is 14.6. The van der Waals surface area contributed by atoms with Gasteiger partial charge in [0, 0.05) is 31.6 Å². The monoisotopic (exact) mass is 376 g/mol. The number of halogens is 3. The van der Waals surface area contributed by atoms with E-state index in [4.69, 9.17) is 39.2 Å². The molecule has 0 aliphatic rings. The summed E-state index contributed by atoms with van der Waals surface area (Å²) in [5.74, 6) is -0.576. The Bertz CT molecular complexity index is 755. The lowest BCUT2D eigenvalue weighted by atomic mass is 10.2. The molecule has 23 heavy (non-hydrogen) atoms. The van der Waals surface area contributed by atoms with Crippen molar-refractivity contribution in [2.75, 3.05) is 25.5 Å². The van der Waals surface area contributed by atoms with Gasteiger partial charge >= 0.3 is 5.63 Å². The predicted octanol–water partition coefficient (Wildman–Crippen LogP) is 3.42. The summed E-state index contributed by atoms with van der Waals surface area (Å²) in [7, 11) is 1.57. The number of alkyl halides is 3. The van der Waals surface area contributed by atoms with Gasteiger partial charge in [0.1, 0.15) is 5.58 Å². The Labute approximate surface area is 148 Å². The van der Waals surface area contributed by atoms with Crippen molar-refractivity contribution >= 4 is 57.4 Å². The molecule has 0 spiro atoms. The largest absolute Gasteiger partial charge is 0.423 e. The van der Waals surface area contributed by atoms with Crippen molar-refractivity contribution in [2.24, 2.45) is 0 Å². The van der Waals surface area contributed by atoms with Crippen LogP contribution in [0.25, 0.3) is 11.0 Å². The number of carbonyl (C=O) groups is 1. The van der Waals surface area contributed by atoms with E-state index in [2.05, 4.69) is 5.32 Å². The van der Waals surface area contributed by atoms with E-state index in [0.717, 1.165) is 5.39 Å². The van der Waals surface area contributed by atoms with Gasteiger partial charge in [-0.1, -0.05) is 46.9 Å². The molecule has 0 saturated carbocycles. The second kappa shape index (κ2) is 7.43. The van der Waals surface area contributed by atoms with Crippen LogP contribution in [0.5, 0.6) is 0 Å². The molecule has 0 radical (unpaired) electrons. The summed E-state index contributed by atoms with van der Waals surface area (Å²) >= 11 is 16.6. The summed E-state index contributed by atoms with van der Waals surface area (Å²) in [5, 5.41) is 3.98. The molecule has 0 saturated heterocycles. The molecule has 0 fully saturated rings. The fraction of sp³-hybridized carbons (Fsp3) is 0.333. The van der Waals surface area contributed by atoms with Gasteiger partial charge in [0.15, 0.2) is 0 Å². The molecule has 1 heterocycles. The molecule has 0 aliphatic carbocycles. The van der Waals surface area contributed by atoms with E-state index in [1.165, 1.54) is 11.0 Å². The Morgan fingerprint density at radius 2 is 2.00 bits per heavy atom. The molecule has 0 unspecified atom stereocenters. The van der Waals surface area contributed by atoms with Crippen LogP contribution < -0.4 is 10.9 Å². The van der Waals surface area contributed by atoms with Crippen LogP contribution in [0.2, 0.25) is 0 Å². The quantitative estimate of drug-likeness (QED) is 0.493. The number of benzene rings is 1. The Morgan fingerprint density at radius 3 is 2.70 bits per heavy atom. The van der Waals surface area contributed by atoms with E-state index in [9.17, 15) is 9.59 Å². The van der Waals surface area contributed by atoms with Crippen molar-refractivity contribution in [1.29, 1.82) is 0 Å². The molecule has 2 aromatic rings. The minimum absolute atomic E-state index is 0.416. The van der Waals surface area contributed by atoms with Gasteiger partial charge in [0.2, 0.25) is 0 Å². The van der Waals surface area contributed by atoms with Crippen LogP contribution in [-0.4, -0.2) is 34.7 Å². The standard InChI is InChI=1S/C15H15Cl3N2O3/c1-20(14(22)15(16,17)18)8-4-7-19-11-9-13(21)23-12-6-3-2-5-10(11)12/h2-3,5-6,9,19H,4,7-8H2,1H3. The third-order valence-corrected chi connectivity index (χ3v) is 3.71. The van der Waals surface area contributed by atoms with Crippen LogP contribution in [0.4, 0.5) is 5.69 Å². The maximum Gasteiger partial charge on any atom is 0.338 e. The molecule has 1 aromatic heterocycles. The molecule has 0 aliphatic heterocycles. The first kappa shape index (κ1) is 17.9. The maximum atomic E-state index is 11.7. The number of anilines is 1. The fourth-order valence-corrected chi connectivity index (χ4v) is 2.55.